The Kier molecular flexibility index (Phi) is 15.6. The average Bonchev–Trinajstić information content (AvgIpc) is 2.67. The van der Waals surface area contributed by atoms with Crippen molar-refractivity contribution in [2.75, 3.05) is 27.3 Å². The summed E-state index contributed by atoms with van der Waals surface area (Å²) in [5, 5.41) is 0. The largest absolute Gasteiger partial charge is 0.427 e. The van der Waals surface area contributed by atoms with Gasteiger partial charge in [0.25, 0.3) is 0 Å². The first-order chi connectivity index (χ1) is 12.4. The molecule has 0 bridgehead atoms. The Morgan fingerprint density at radius 2 is 1.16 bits per heavy atom. The molecule has 0 N–H and O–H groups in total. The summed E-state index contributed by atoms with van der Waals surface area (Å²) in [4.78, 5) is 9.23. The van der Waals surface area contributed by atoms with Crippen molar-refractivity contribution in [1.82, 2.24) is 0 Å². The molecule has 25 heavy (non-hydrogen) atoms. The maximum Gasteiger partial charge on any atom is 0.162 e. The summed E-state index contributed by atoms with van der Waals surface area (Å²) in [7, 11) is 3.20. The molecule has 6 heteroatoms. The van der Waals surface area contributed by atoms with E-state index in [0.29, 0.717) is 0 Å². The average molecular weight is 385 g/mol. The summed E-state index contributed by atoms with van der Waals surface area (Å²) in [6, 6.07) is 2.49. The van der Waals surface area contributed by atoms with E-state index in [1.165, 1.54) is 94.1 Å². The summed E-state index contributed by atoms with van der Waals surface area (Å²) >= 11 is 0. The molecular formula is C19H40N2O2Si2. The first-order valence-corrected chi connectivity index (χ1v) is 13.5. The van der Waals surface area contributed by atoms with Gasteiger partial charge in [-0.25, -0.2) is 0 Å². The van der Waals surface area contributed by atoms with Crippen LogP contribution in [0.4, 0.5) is 0 Å². The van der Waals surface area contributed by atoms with E-state index in [9.17, 15) is 0 Å². The third kappa shape index (κ3) is 13.5. The van der Waals surface area contributed by atoms with Crippen molar-refractivity contribution in [3.05, 3.63) is 0 Å². The molecule has 4 nitrogen and oxygen atoms in total. The molecule has 0 saturated heterocycles. The molecule has 0 aromatic rings. The molecule has 2 rings (SSSR count). The van der Waals surface area contributed by atoms with E-state index in [1.54, 1.807) is 7.11 Å². The molecule has 0 heterocycles. The highest BCUT2D eigenvalue weighted by atomic mass is 28.2. The predicted molar refractivity (Wildman–Crippen MR) is 116 cm³/mol. The van der Waals surface area contributed by atoms with Crippen LogP contribution in [0.25, 0.3) is 0 Å². The lowest BCUT2D eigenvalue weighted by Gasteiger charge is -2.11. The summed E-state index contributed by atoms with van der Waals surface area (Å²) in [5.41, 5.74) is 2.94. The Labute approximate surface area is 160 Å². The topological polar surface area (TPSA) is 43.2 Å². The third-order valence-electron chi connectivity index (χ3n) is 4.80. The van der Waals surface area contributed by atoms with Crippen molar-refractivity contribution < 1.29 is 8.85 Å². The van der Waals surface area contributed by atoms with Gasteiger partial charge < -0.3 is 8.85 Å². The van der Waals surface area contributed by atoms with Gasteiger partial charge in [-0.3, -0.25) is 9.98 Å². The maximum absolute atomic E-state index is 5.12. The Morgan fingerprint density at radius 3 is 1.68 bits per heavy atom. The fraction of sp³-hybridized carbons (Fsp3) is 0.895. The van der Waals surface area contributed by atoms with Crippen molar-refractivity contribution in [2.45, 2.75) is 82.7 Å². The molecule has 0 aliphatic heterocycles. The van der Waals surface area contributed by atoms with Crippen molar-refractivity contribution in [3.63, 3.8) is 0 Å². The highest BCUT2D eigenvalue weighted by Gasteiger charge is 2.06. The van der Waals surface area contributed by atoms with E-state index in [1.807, 2.05) is 7.11 Å². The first-order valence-electron chi connectivity index (χ1n) is 10.4. The molecule has 2 saturated carbocycles. The monoisotopic (exact) mass is 384 g/mol. The van der Waals surface area contributed by atoms with Crippen LogP contribution in [0.15, 0.2) is 9.98 Å². The Morgan fingerprint density at radius 1 is 0.680 bits per heavy atom. The van der Waals surface area contributed by atoms with Gasteiger partial charge in [0.1, 0.15) is 0 Å². The summed E-state index contributed by atoms with van der Waals surface area (Å²) in [6.07, 6.45) is 14.6. The van der Waals surface area contributed by atoms with Crippen molar-refractivity contribution in [1.29, 1.82) is 0 Å². The molecule has 0 unspecified atom stereocenters. The Hall–Kier alpha value is -0.306. The van der Waals surface area contributed by atoms with Gasteiger partial charge in [-0.05, 0) is 69.9 Å². The highest BCUT2D eigenvalue weighted by molar-refractivity contribution is 6.27. The summed E-state index contributed by atoms with van der Waals surface area (Å²) in [6.45, 7) is 2.07. The van der Waals surface area contributed by atoms with Gasteiger partial charge in [-0.2, -0.15) is 0 Å². The van der Waals surface area contributed by atoms with Gasteiger partial charge in [-0.1, -0.05) is 12.8 Å². The van der Waals surface area contributed by atoms with E-state index < -0.39 is 0 Å². The molecule has 0 radical (unpaired) electrons. The zero-order chi connectivity index (χ0) is 18.0. The van der Waals surface area contributed by atoms with Gasteiger partial charge in [0.05, 0.1) is 0 Å². The van der Waals surface area contributed by atoms with E-state index >= 15 is 0 Å². The molecular weight excluding hydrogens is 344 g/mol. The maximum atomic E-state index is 5.12. The minimum Gasteiger partial charge on any atom is -0.427 e. The van der Waals surface area contributed by atoms with Crippen LogP contribution >= 0.6 is 0 Å². The minimum atomic E-state index is -0.232. The van der Waals surface area contributed by atoms with Crippen molar-refractivity contribution in [3.8, 4) is 0 Å². The highest BCUT2D eigenvalue weighted by Crippen LogP contribution is 2.15. The number of hydrogen-bond donors (Lipinski definition) is 0. The summed E-state index contributed by atoms with van der Waals surface area (Å²) < 4.78 is 10.2. The van der Waals surface area contributed by atoms with E-state index in [2.05, 4.69) is 9.98 Å². The van der Waals surface area contributed by atoms with Crippen molar-refractivity contribution >= 4 is 30.9 Å². The van der Waals surface area contributed by atoms with Crippen LogP contribution in [0, 0.1) is 0 Å². The standard InChI is InChI=1S/C10H21NOSi.C9H19NOSi/c1-12-13-9-5-8-11-10-6-3-2-4-7-10;1-11-12-8-7-10-9-5-3-2-4-6-9/h2-9,13H2,1H3;2-8,12H2,1H3. The second kappa shape index (κ2) is 17.1. The summed E-state index contributed by atoms with van der Waals surface area (Å²) in [5.74, 6) is 0. The fourth-order valence-electron chi connectivity index (χ4n) is 3.28. The van der Waals surface area contributed by atoms with Gasteiger partial charge in [0.15, 0.2) is 19.5 Å². The molecule has 0 spiro atoms. The van der Waals surface area contributed by atoms with Gasteiger partial charge >= 0.3 is 0 Å². The van der Waals surface area contributed by atoms with Crippen LogP contribution in [0.2, 0.25) is 12.1 Å². The SMILES string of the molecule is CO[SiH2]CCCN=C1CCCCC1.CO[SiH2]CCN=C1CCCCC1. The molecule has 0 amide bonds. The lowest BCUT2D eigenvalue weighted by atomic mass is 9.98. The Bertz CT molecular complexity index is 360. The Balaban J connectivity index is 0.000000251. The quantitative estimate of drug-likeness (QED) is 0.451. The molecule has 2 aliphatic carbocycles. The van der Waals surface area contributed by atoms with Crippen LogP contribution in [0.5, 0.6) is 0 Å². The number of aliphatic imine (C=N–C) groups is 2. The van der Waals surface area contributed by atoms with Crippen LogP contribution < -0.4 is 0 Å². The normalized spacial score (nSPS) is 18.6. The molecule has 2 fully saturated rings. The van der Waals surface area contributed by atoms with Crippen LogP contribution in [-0.4, -0.2) is 58.3 Å². The molecule has 0 aromatic carbocycles. The molecule has 146 valence electrons. The van der Waals surface area contributed by atoms with Crippen LogP contribution in [0.3, 0.4) is 0 Å². The van der Waals surface area contributed by atoms with Gasteiger partial charge in [0, 0.05) is 38.7 Å². The lowest BCUT2D eigenvalue weighted by molar-refractivity contribution is 0.440. The first kappa shape index (κ1) is 22.7. The fourth-order valence-corrected chi connectivity index (χ4v) is 4.57. The van der Waals surface area contributed by atoms with Crippen molar-refractivity contribution in [2.24, 2.45) is 9.98 Å². The van der Waals surface area contributed by atoms with E-state index in [-0.39, 0.29) is 19.5 Å². The second-order valence-corrected chi connectivity index (χ2v) is 10.4. The van der Waals surface area contributed by atoms with Crippen LogP contribution in [0.1, 0.15) is 70.6 Å². The van der Waals surface area contributed by atoms with Crippen LogP contribution in [-0.2, 0) is 8.85 Å². The number of rotatable bonds is 9. The smallest absolute Gasteiger partial charge is 0.162 e. The third-order valence-corrected chi connectivity index (χ3v) is 7.01. The van der Waals surface area contributed by atoms with E-state index in [0.717, 1.165) is 13.1 Å². The second-order valence-electron chi connectivity index (χ2n) is 7.06. The molecule has 0 atom stereocenters. The number of hydrogen-bond acceptors (Lipinski definition) is 4. The minimum absolute atomic E-state index is 0.196. The van der Waals surface area contributed by atoms with E-state index in [4.69, 9.17) is 8.85 Å². The zero-order valence-electron chi connectivity index (χ0n) is 16.7. The number of nitrogens with zero attached hydrogens (tertiary/aromatic N) is 2. The lowest BCUT2D eigenvalue weighted by Crippen LogP contribution is -2.06. The molecule has 2 aliphatic rings. The zero-order valence-corrected chi connectivity index (χ0v) is 19.6. The van der Waals surface area contributed by atoms with Gasteiger partial charge in [0.2, 0.25) is 0 Å². The predicted octanol–water partition coefficient (Wildman–Crippen LogP) is 3.47. The van der Waals surface area contributed by atoms with Gasteiger partial charge in [-0.15, -0.1) is 0 Å². The molecule has 0 aromatic heterocycles.